The van der Waals surface area contributed by atoms with Gasteiger partial charge in [-0.1, -0.05) is 53.4 Å². The third-order valence-electron chi connectivity index (χ3n) is 6.04. The molecular formula is C17H32. The molecule has 100 valence electrons. The second kappa shape index (κ2) is 5.33. The van der Waals surface area contributed by atoms with Crippen molar-refractivity contribution in [3.63, 3.8) is 0 Å². The zero-order valence-electron chi connectivity index (χ0n) is 12.5. The lowest BCUT2D eigenvalue weighted by atomic mass is 9.57. The molecule has 0 saturated heterocycles. The van der Waals surface area contributed by atoms with Crippen LogP contribution >= 0.6 is 0 Å². The van der Waals surface area contributed by atoms with E-state index in [1.165, 1.54) is 51.4 Å². The van der Waals surface area contributed by atoms with Gasteiger partial charge in [0.1, 0.15) is 0 Å². The fourth-order valence-electron chi connectivity index (χ4n) is 4.92. The molecule has 0 aromatic rings. The van der Waals surface area contributed by atoms with Crippen molar-refractivity contribution in [3.05, 3.63) is 0 Å². The Kier molecular flexibility index (Phi) is 4.21. The van der Waals surface area contributed by atoms with Gasteiger partial charge in [-0.25, -0.2) is 0 Å². The van der Waals surface area contributed by atoms with Gasteiger partial charge in [0.2, 0.25) is 0 Å². The summed E-state index contributed by atoms with van der Waals surface area (Å²) in [4.78, 5) is 0. The fraction of sp³-hybridized carbons (Fsp3) is 1.00. The summed E-state index contributed by atoms with van der Waals surface area (Å²) in [7, 11) is 0. The minimum absolute atomic E-state index is 0.597. The summed E-state index contributed by atoms with van der Waals surface area (Å²) < 4.78 is 0. The smallest absolute Gasteiger partial charge is 0.0295 e. The average molecular weight is 236 g/mol. The Morgan fingerprint density at radius 1 is 0.824 bits per heavy atom. The van der Waals surface area contributed by atoms with Crippen LogP contribution in [0, 0.1) is 29.1 Å². The van der Waals surface area contributed by atoms with Gasteiger partial charge in [-0.2, -0.15) is 0 Å². The van der Waals surface area contributed by atoms with Crippen LogP contribution in [0.3, 0.4) is 0 Å². The first-order valence-corrected chi connectivity index (χ1v) is 8.01. The van der Waals surface area contributed by atoms with Gasteiger partial charge in [-0.05, 0) is 54.8 Å². The monoisotopic (exact) mass is 236 g/mol. The van der Waals surface area contributed by atoms with Crippen molar-refractivity contribution < 1.29 is 0 Å². The Morgan fingerprint density at radius 2 is 1.47 bits per heavy atom. The Morgan fingerprint density at radius 3 is 2.06 bits per heavy atom. The summed E-state index contributed by atoms with van der Waals surface area (Å²) in [6.07, 6.45) is 11.9. The molecule has 0 bridgehead atoms. The van der Waals surface area contributed by atoms with Gasteiger partial charge in [0.15, 0.2) is 0 Å². The molecule has 0 radical (unpaired) electrons. The molecule has 2 rings (SSSR count). The summed E-state index contributed by atoms with van der Waals surface area (Å²) in [5.74, 6) is 3.93. The highest BCUT2D eigenvalue weighted by atomic mass is 14.5. The van der Waals surface area contributed by atoms with Crippen molar-refractivity contribution in [2.45, 2.75) is 79.1 Å². The SMILES string of the molecule is CC1CCC(C(C)(C)C2CCCCC2)C(C)C1. The van der Waals surface area contributed by atoms with Crippen molar-refractivity contribution in [1.29, 1.82) is 0 Å². The van der Waals surface area contributed by atoms with Gasteiger partial charge in [-0.15, -0.1) is 0 Å². The first kappa shape index (κ1) is 13.4. The molecule has 0 amide bonds. The molecule has 17 heavy (non-hydrogen) atoms. The lowest BCUT2D eigenvalue weighted by Gasteiger charge is -2.48. The van der Waals surface area contributed by atoms with Crippen molar-refractivity contribution in [3.8, 4) is 0 Å². The van der Waals surface area contributed by atoms with Gasteiger partial charge >= 0.3 is 0 Å². The van der Waals surface area contributed by atoms with Gasteiger partial charge in [0, 0.05) is 0 Å². The topological polar surface area (TPSA) is 0 Å². The Balaban J connectivity index is 2.02. The molecule has 2 aliphatic rings. The molecule has 0 nitrogen and oxygen atoms in total. The molecule has 2 saturated carbocycles. The van der Waals surface area contributed by atoms with Crippen LogP contribution in [-0.4, -0.2) is 0 Å². The third-order valence-corrected chi connectivity index (χ3v) is 6.04. The van der Waals surface area contributed by atoms with Crippen LogP contribution in [0.2, 0.25) is 0 Å². The minimum Gasteiger partial charge on any atom is -0.0625 e. The highest BCUT2D eigenvalue weighted by molar-refractivity contribution is 4.91. The molecule has 0 heterocycles. The van der Waals surface area contributed by atoms with E-state index in [1.807, 2.05) is 0 Å². The van der Waals surface area contributed by atoms with Gasteiger partial charge < -0.3 is 0 Å². The summed E-state index contributed by atoms with van der Waals surface area (Å²) in [6.45, 7) is 10.1. The highest BCUT2D eigenvalue weighted by Gasteiger charge is 2.41. The zero-order valence-corrected chi connectivity index (χ0v) is 12.5. The molecule has 0 aromatic carbocycles. The van der Waals surface area contributed by atoms with Gasteiger partial charge in [0.05, 0.1) is 0 Å². The Bertz CT molecular complexity index is 234. The molecule has 0 spiro atoms. The maximum Gasteiger partial charge on any atom is -0.0295 e. The quantitative estimate of drug-likeness (QED) is 0.580. The fourth-order valence-corrected chi connectivity index (χ4v) is 4.92. The lowest BCUT2D eigenvalue weighted by Crippen LogP contribution is -2.39. The van der Waals surface area contributed by atoms with E-state index in [4.69, 9.17) is 0 Å². The standard InChI is InChI=1S/C17H32/c1-13-10-11-16(14(2)12-13)17(3,4)15-8-6-5-7-9-15/h13-16H,5-12H2,1-4H3. The number of hydrogen-bond acceptors (Lipinski definition) is 0. The van der Waals surface area contributed by atoms with E-state index >= 15 is 0 Å². The third kappa shape index (κ3) is 2.88. The summed E-state index contributed by atoms with van der Waals surface area (Å²) in [5, 5.41) is 0. The van der Waals surface area contributed by atoms with E-state index < -0.39 is 0 Å². The molecular weight excluding hydrogens is 204 g/mol. The van der Waals surface area contributed by atoms with Crippen LogP contribution in [0.1, 0.15) is 79.1 Å². The Labute approximate surface area is 109 Å². The Hall–Kier alpha value is 0. The second-order valence-corrected chi connectivity index (χ2v) is 7.66. The molecule has 3 atom stereocenters. The summed E-state index contributed by atoms with van der Waals surface area (Å²) >= 11 is 0. The van der Waals surface area contributed by atoms with E-state index in [0.29, 0.717) is 5.41 Å². The first-order chi connectivity index (χ1) is 8.01. The molecule has 3 unspecified atom stereocenters. The largest absolute Gasteiger partial charge is 0.0625 e. The van der Waals surface area contributed by atoms with Crippen LogP contribution in [-0.2, 0) is 0 Å². The second-order valence-electron chi connectivity index (χ2n) is 7.66. The highest BCUT2D eigenvalue weighted by Crippen LogP contribution is 2.51. The first-order valence-electron chi connectivity index (χ1n) is 8.01. The van der Waals surface area contributed by atoms with Crippen LogP contribution < -0.4 is 0 Å². The molecule has 0 heteroatoms. The van der Waals surface area contributed by atoms with Crippen LogP contribution in [0.5, 0.6) is 0 Å². The maximum absolute atomic E-state index is 2.58. The predicted molar refractivity (Wildman–Crippen MR) is 76.0 cm³/mol. The van der Waals surface area contributed by atoms with Crippen LogP contribution in [0.25, 0.3) is 0 Å². The molecule has 0 aliphatic heterocycles. The van der Waals surface area contributed by atoms with Gasteiger partial charge in [0.25, 0.3) is 0 Å². The van der Waals surface area contributed by atoms with Crippen molar-refractivity contribution >= 4 is 0 Å². The van der Waals surface area contributed by atoms with E-state index in [-0.39, 0.29) is 0 Å². The van der Waals surface area contributed by atoms with Crippen LogP contribution in [0.4, 0.5) is 0 Å². The van der Waals surface area contributed by atoms with E-state index in [0.717, 1.165) is 23.7 Å². The van der Waals surface area contributed by atoms with Crippen LogP contribution in [0.15, 0.2) is 0 Å². The maximum atomic E-state index is 2.58. The lowest BCUT2D eigenvalue weighted by molar-refractivity contribution is 0.0155. The zero-order chi connectivity index (χ0) is 12.5. The normalized spacial score (nSPS) is 37.1. The summed E-state index contributed by atoms with van der Waals surface area (Å²) in [5.41, 5.74) is 0.597. The van der Waals surface area contributed by atoms with Crippen molar-refractivity contribution in [2.24, 2.45) is 29.1 Å². The molecule has 2 aliphatic carbocycles. The number of rotatable bonds is 2. The average Bonchev–Trinajstić information content (AvgIpc) is 2.29. The van der Waals surface area contributed by atoms with Crippen molar-refractivity contribution in [2.75, 3.05) is 0 Å². The molecule has 0 aromatic heterocycles. The minimum atomic E-state index is 0.597. The predicted octanol–water partition coefficient (Wildman–Crippen LogP) is 5.67. The molecule has 2 fully saturated rings. The van der Waals surface area contributed by atoms with E-state index in [1.54, 1.807) is 0 Å². The van der Waals surface area contributed by atoms with E-state index in [2.05, 4.69) is 27.7 Å². The molecule has 0 N–H and O–H groups in total. The number of hydrogen-bond donors (Lipinski definition) is 0. The van der Waals surface area contributed by atoms with Crippen molar-refractivity contribution in [1.82, 2.24) is 0 Å². The van der Waals surface area contributed by atoms with E-state index in [9.17, 15) is 0 Å². The van der Waals surface area contributed by atoms with Gasteiger partial charge in [-0.3, -0.25) is 0 Å². The summed E-state index contributed by atoms with van der Waals surface area (Å²) in [6, 6.07) is 0.